The molecule has 0 radical (unpaired) electrons. The number of benzene rings is 2. The molecule has 0 aliphatic carbocycles. The van der Waals surface area contributed by atoms with Crippen molar-refractivity contribution in [2.45, 2.75) is 38.8 Å². The van der Waals surface area contributed by atoms with Crippen LogP contribution in [0.1, 0.15) is 26.3 Å². The lowest BCUT2D eigenvalue weighted by atomic mass is 10.1. The van der Waals surface area contributed by atoms with Crippen molar-refractivity contribution in [1.29, 1.82) is 0 Å². The van der Waals surface area contributed by atoms with Crippen LogP contribution in [0.4, 0.5) is 4.79 Å². The average Bonchev–Trinajstić information content (AvgIpc) is 2.58. The predicted octanol–water partition coefficient (Wildman–Crippen LogP) is 4.38. The summed E-state index contributed by atoms with van der Waals surface area (Å²) in [4.78, 5) is 24.5. The molecule has 0 unspecified atom stereocenters. The van der Waals surface area contributed by atoms with Crippen molar-refractivity contribution in [3.05, 3.63) is 66.2 Å². The molecular formula is C20H23NO4S. The molecule has 1 atom stereocenters. The minimum absolute atomic E-state index is 0.391. The Kier molecular flexibility index (Phi) is 7.24. The minimum atomic E-state index is -0.699. The van der Waals surface area contributed by atoms with Crippen molar-refractivity contribution in [2.24, 2.45) is 0 Å². The number of hydrogen-bond donors (Lipinski definition) is 1. The fourth-order valence-electron chi connectivity index (χ4n) is 2.09. The third-order valence-electron chi connectivity index (χ3n) is 3.20. The van der Waals surface area contributed by atoms with Gasteiger partial charge in [0.2, 0.25) is 0 Å². The Hall–Kier alpha value is -2.31. The molecule has 0 saturated heterocycles. The van der Waals surface area contributed by atoms with Crippen molar-refractivity contribution in [3.8, 4) is 5.75 Å². The molecule has 2 aromatic rings. The minimum Gasteiger partial charge on any atom is -0.451 e. The van der Waals surface area contributed by atoms with Crippen LogP contribution in [0.5, 0.6) is 5.75 Å². The highest BCUT2D eigenvalue weighted by atomic mass is 32.2. The Morgan fingerprint density at radius 2 is 1.58 bits per heavy atom. The van der Waals surface area contributed by atoms with Gasteiger partial charge in [-0.15, -0.1) is 0 Å². The Morgan fingerprint density at radius 1 is 1.00 bits per heavy atom. The summed E-state index contributed by atoms with van der Waals surface area (Å²) in [5.41, 5.74) is 0.366. The van der Waals surface area contributed by atoms with Gasteiger partial charge < -0.3 is 9.47 Å². The predicted molar refractivity (Wildman–Crippen MR) is 103 cm³/mol. The monoisotopic (exact) mass is 373 g/mol. The van der Waals surface area contributed by atoms with Crippen molar-refractivity contribution < 1.29 is 19.1 Å². The van der Waals surface area contributed by atoms with Gasteiger partial charge in [-0.3, -0.25) is 0 Å². The van der Waals surface area contributed by atoms with Crippen LogP contribution in [0.3, 0.4) is 0 Å². The maximum absolute atomic E-state index is 12.6. The molecule has 1 N–H and O–H groups in total. The number of esters is 1. The van der Waals surface area contributed by atoms with Crippen LogP contribution in [0.25, 0.3) is 0 Å². The van der Waals surface area contributed by atoms with E-state index in [1.165, 1.54) is 0 Å². The molecule has 2 rings (SSSR count). The van der Waals surface area contributed by atoms with E-state index in [9.17, 15) is 9.59 Å². The van der Waals surface area contributed by atoms with E-state index in [4.69, 9.17) is 9.47 Å². The molecule has 6 heteroatoms. The van der Waals surface area contributed by atoms with E-state index in [0.29, 0.717) is 12.2 Å². The first-order valence-corrected chi connectivity index (χ1v) is 9.11. The van der Waals surface area contributed by atoms with E-state index < -0.39 is 22.9 Å². The third-order valence-corrected chi connectivity index (χ3v) is 3.86. The van der Waals surface area contributed by atoms with Crippen LogP contribution in [-0.2, 0) is 16.0 Å². The van der Waals surface area contributed by atoms with Gasteiger partial charge in [0, 0.05) is 11.9 Å². The largest absolute Gasteiger partial charge is 0.451 e. The second-order valence-electron chi connectivity index (χ2n) is 6.66. The molecule has 26 heavy (non-hydrogen) atoms. The number of para-hydroxylation sites is 1. The van der Waals surface area contributed by atoms with Gasteiger partial charge in [-0.05, 0) is 44.9 Å². The Morgan fingerprint density at radius 3 is 2.15 bits per heavy atom. The van der Waals surface area contributed by atoms with Crippen LogP contribution in [-0.4, -0.2) is 22.9 Å². The zero-order valence-electron chi connectivity index (χ0n) is 15.1. The van der Waals surface area contributed by atoms with E-state index in [1.54, 1.807) is 45.0 Å². The highest BCUT2D eigenvalue weighted by Crippen LogP contribution is 2.16. The van der Waals surface area contributed by atoms with Crippen LogP contribution in [0, 0.1) is 0 Å². The van der Waals surface area contributed by atoms with Crippen molar-refractivity contribution in [1.82, 2.24) is 4.72 Å². The van der Waals surface area contributed by atoms with E-state index in [1.807, 2.05) is 36.4 Å². The average molecular weight is 373 g/mol. The standard InChI is InChI=1S/C20H23NO4S/c1-20(2,3)25-19(23)26-21-17(14-15-10-6-4-7-11-15)18(22)24-16-12-8-5-9-13-16/h4-13,17,21H,14H2,1-3H3/t17-/m0/s1. The van der Waals surface area contributed by atoms with Gasteiger partial charge in [-0.2, -0.15) is 0 Å². The summed E-state index contributed by atoms with van der Waals surface area (Å²) in [5, 5.41) is -0.497. The molecule has 0 spiro atoms. The first-order chi connectivity index (χ1) is 12.3. The normalized spacial score (nSPS) is 12.3. The number of carbonyl (C=O) groups is 2. The highest BCUT2D eigenvalue weighted by Gasteiger charge is 2.24. The number of ether oxygens (including phenoxy) is 2. The molecule has 2 aromatic carbocycles. The quantitative estimate of drug-likeness (QED) is 0.461. The van der Waals surface area contributed by atoms with E-state index in [0.717, 1.165) is 17.5 Å². The fraction of sp³-hybridized carbons (Fsp3) is 0.300. The number of carbonyl (C=O) groups excluding carboxylic acids is 2. The zero-order valence-corrected chi connectivity index (χ0v) is 15.9. The lowest BCUT2D eigenvalue weighted by Gasteiger charge is -2.20. The van der Waals surface area contributed by atoms with Gasteiger partial charge in [0.15, 0.2) is 0 Å². The molecular weight excluding hydrogens is 350 g/mol. The van der Waals surface area contributed by atoms with Gasteiger partial charge in [-0.25, -0.2) is 14.3 Å². The van der Waals surface area contributed by atoms with Gasteiger partial charge in [0.1, 0.15) is 17.4 Å². The lowest BCUT2D eigenvalue weighted by Crippen LogP contribution is -2.39. The zero-order chi connectivity index (χ0) is 19.0. The number of hydrogen-bond acceptors (Lipinski definition) is 6. The molecule has 0 bridgehead atoms. The Bertz CT molecular complexity index is 714. The van der Waals surface area contributed by atoms with Crippen LogP contribution in [0.2, 0.25) is 0 Å². The van der Waals surface area contributed by atoms with Gasteiger partial charge in [0.25, 0.3) is 0 Å². The van der Waals surface area contributed by atoms with Gasteiger partial charge >= 0.3 is 11.3 Å². The molecule has 0 aromatic heterocycles. The lowest BCUT2D eigenvalue weighted by molar-refractivity contribution is -0.136. The summed E-state index contributed by atoms with van der Waals surface area (Å²) in [6, 6.07) is 17.7. The fourth-order valence-corrected chi connectivity index (χ4v) is 2.80. The molecule has 138 valence electrons. The second-order valence-corrected chi connectivity index (χ2v) is 7.43. The summed E-state index contributed by atoms with van der Waals surface area (Å²) >= 11 is 0.758. The molecule has 0 fully saturated rings. The van der Waals surface area contributed by atoms with Crippen LogP contribution < -0.4 is 9.46 Å². The first kappa shape index (κ1) is 20.0. The molecule has 0 aliphatic rings. The smallest absolute Gasteiger partial charge is 0.383 e. The summed E-state index contributed by atoms with van der Waals surface area (Å²) in [6.07, 6.45) is 0.391. The van der Waals surface area contributed by atoms with Crippen molar-refractivity contribution >= 4 is 23.2 Å². The number of nitrogens with one attached hydrogen (secondary N) is 1. The topological polar surface area (TPSA) is 64.6 Å². The van der Waals surface area contributed by atoms with Gasteiger partial charge in [0.05, 0.1) is 0 Å². The Labute approximate surface area is 158 Å². The van der Waals surface area contributed by atoms with E-state index in [2.05, 4.69) is 4.72 Å². The molecule has 0 heterocycles. The number of rotatable bonds is 6. The molecule has 0 aliphatic heterocycles. The second kappa shape index (κ2) is 9.40. The molecule has 0 saturated carbocycles. The maximum atomic E-state index is 12.6. The molecule has 0 amide bonds. The summed E-state index contributed by atoms with van der Waals surface area (Å²) < 4.78 is 13.5. The highest BCUT2D eigenvalue weighted by molar-refractivity contribution is 8.11. The molecule has 5 nitrogen and oxygen atoms in total. The van der Waals surface area contributed by atoms with Gasteiger partial charge in [-0.1, -0.05) is 48.5 Å². The summed E-state index contributed by atoms with van der Waals surface area (Å²) in [5.74, 6) is -0.00394. The summed E-state index contributed by atoms with van der Waals surface area (Å²) in [7, 11) is 0. The van der Waals surface area contributed by atoms with Crippen molar-refractivity contribution in [2.75, 3.05) is 0 Å². The Balaban J connectivity index is 2.03. The third kappa shape index (κ3) is 7.29. The first-order valence-electron chi connectivity index (χ1n) is 8.29. The van der Waals surface area contributed by atoms with E-state index >= 15 is 0 Å². The van der Waals surface area contributed by atoms with Crippen molar-refractivity contribution in [3.63, 3.8) is 0 Å². The SMILES string of the molecule is CC(C)(C)OC(=O)SN[C@@H](Cc1ccccc1)C(=O)Oc1ccccc1. The van der Waals surface area contributed by atoms with Crippen LogP contribution >= 0.6 is 11.9 Å². The maximum Gasteiger partial charge on any atom is 0.383 e. The summed E-state index contributed by atoms with van der Waals surface area (Å²) in [6.45, 7) is 5.36. The van der Waals surface area contributed by atoms with E-state index in [-0.39, 0.29) is 0 Å². The van der Waals surface area contributed by atoms with Crippen LogP contribution in [0.15, 0.2) is 60.7 Å².